The van der Waals surface area contributed by atoms with Crippen LogP contribution < -0.4 is 0 Å². The first kappa shape index (κ1) is 16.6. The van der Waals surface area contributed by atoms with Crippen LogP contribution in [0.3, 0.4) is 0 Å². The van der Waals surface area contributed by atoms with Crippen LogP contribution in [0.4, 0.5) is 5.69 Å². The summed E-state index contributed by atoms with van der Waals surface area (Å²) in [5.41, 5.74) is 5.91. The van der Waals surface area contributed by atoms with E-state index < -0.39 is 0 Å². The van der Waals surface area contributed by atoms with E-state index in [0.29, 0.717) is 0 Å². The minimum atomic E-state index is 0.978. The van der Waals surface area contributed by atoms with Crippen LogP contribution in [0.2, 0.25) is 0 Å². The molecule has 0 saturated carbocycles. The van der Waals surface area contributed by atoms with Crippen molar-refractivity contribution < 1.29 is 0 Å². The van der Waals surface area contributed by atoms with E-state index in [0.717, 1.165) is 11.3 Å². The molecule has 0 heterocycles. The van der Waals surface area contributed by atoms with Gasteiger partial charge in [-0.15, -0.1) is 13.2 Å². The van der Waals surface area contributed by atoms with E-state index in [1.165, 1.54) is 16.7 Å². The number of aryl methyl sites for hydroxylation is 2. The number of rotatable bonds is 3. The zero-order valence-corrected chi connectivity index (χ0v) is 13.1. The monoisotopic (exact) mass is 277 g/mol. The molecule has 0 radical (unpaired) electrons. The average molecular weight is 277 g/mol. The van der Waals surface area contributed by atoms with E-state index in [2.05, 4.69) is 56.3 Å². The van der Waals surface area contributed by atoms with Gasteiger partial charge in [0.15, 0.2) is 0 Å². The molecule has 1 heteroatoms. The van der Waals surface area contributed by atoms with Gasteiger partial charge < -0.3 is 0 Å². The normalized spacial score (nSPS) is 11.1. The number of aliphatic imine (C=N–C) groups is 1. The van der Waals surface area contributed by atoms with E-state index >= 15 is 0 Å². The Kier molecular flexibility index (Phi) is 6.90. The summed E-state index contributed by atoms with van der Waals surface area (Å²) >= 11 is 0. The lowest BCUT2D eigenvalue weighted by Gasteiger charge is -2.05. The van der Waals surface area contributed by atoms with Crippen LogP contribution in [0.15, 0.2) is 72.8 Å². The summed E-state index contributed by atoms with van der Waals surface area (Å²) in [6.45, 7) is 12.3. The maximum atomic E-state index is 4.52. The third-order valence-corrected chi connectivity index (χ3v) is 2.97. The first-order valence-corrected chi connectivity index (χ1v) is 7.03. The van der Waals surface area contributed by atoms with Crippen molar-refractivity contribution in [2.75, 3.05) is 0 Å². The smallest absolute Gasteiger partial charge is 0.0629 e. The maximum absolute atomic E-state index is 4.52. The molecule has 0 aliphatic heterocycles. The zero-order chi connectivity index (χ0) is 15.7. The van der Waals surface area contributed by atoms with Gasteiger partial charge in [0.1, 0.15) is 0 Å². The lowest BCUT2D eigenvalue weighted by molar-refractivity contribution is 1.37. The van der Waals surface area contributed by atoms with Gasteiger partial charge in [-0.25, -0.2) is 0 Å². The average Bonchev–Trinajstić information content (AvgIpc) is 2.50. The molecule has 21 heavy (non-hydrogen) atoms. The summed E-state index contributed by atoms with van der Waals surface area (Å²) in [5.74, 6) is 0. The molecule has 0 aliphatic carbocycles. The number of para-hydroxylation sites is 1. The predicted octanol–water partition coefficient (Wildman–Crippen LogP) is 5.91. The largest absolute Gasteiger partial charge is 0.256 e. The molecule has 2 aromatic carbocycles. The molecule has 2 aromatic rings. The van der Waals surface area contributed by atoms with E-state index in [4.69, 9.17) is 0 Å². The summed E-state index contributed by atoms with van der Waals surface area (Å²) in [6, 6.07) is 16.6. The molecule has 0 atom stereocenters. The second-order valence-electron chi connectivity index (χ2n) is 4.71. The molecule has 0 fully saturated rings. The van der Waals surface area contributed by atoms with E-state index in [1.54, 1.807) is 0 Å². The highest BCUT2D eigenvalue weighted by atomic mass is 14.7. The second kappa shape index (κ2) is 8.70. The SMILES string of the molecule is C/C=C(\C=Nc1ccccc1)c1cc(C)cc(C)c1.C=C. The van der Waals surface area contributed by atoms with Crippen LogP contribution in [0, 0.1) is 13.8 Å². The third-order valence-electron chi connectivity index (χ3n) is 2.97. The minimum absolute atomic E-state index is 0.978. The Hall–Kier alpha value is -2.41. The van der Waals surface area contributed by atoms with Crippen molar-refractivity contribution in [1.29, 1.82) is 0 Å². The molecule has 0 aromatic heterocycles. The predicted molar refractivity (Wildman–Crippen MR) is 95.4 cm³/mol. The standard InChI is InChI=1S/C18H19N.C2H4/c1-4-16(13-19-18-8-6-5-7-9-18)17-11-14(2)10-15(3)12-17;1-2/h4-13H,1-3H3;1-2H2/b16-4+,19-13?;. The third kappa shape index (κ3) is 5.23. The first-order valence-electron chi connectivity index (χ1n) is 7.03. The Morgan fingerprint density at radius 2 is 1.52 bits per heavy atom. The molecule has 108 valence electrons. The fourth-order valence-electron chi connectivity index (χ4n) is 2.12. The topological polar surface area (TPSA) is 12.4 Å². The zero-order valence-electron chi connectivity index (χ0n) is 13.1. The van der Waals surface area contributed by atoms with Crippen LogP contribution in [0.1, 0.15) is 23.6 Å². The molecule has 1 nitrogen and oxygen atoms in total. The van der Waals surface area contributed by atoms with Gasteiger partial charge in [-0.1, -0.05) is 53.6 Å². The maximum Gasteiger partial charge on any atom is 0.0629 e. The Bertz CT molecular complexity index is 601. The number of allylic oxidation sites excluding steroid dienone is 2. The summed E-state index contributed by atoms with van der Waals surface area (Å²) < 4.78 is 0. The highest BCUT2D eigenvalue weighted by Crippen LogP contribution is 2.18. The van der Waals surface area contributed by atoms with Gasteiger partial charge in [-0.3, -0.25) is 4.99 Å². The lowest BCUT2D eigenvalue weighted by atomic mass is 10.0. The number of hydrogen-bond acceptors (Lipinski definition) is 1. The molecule has 0 unspecified atom stereocenters. The summed E-state index contributed by atoms with van der Waals surface area (Å²) in [6.07, 6.45) is 4.03. The van der Waals surface area contributed by atoms with Crippen molar-refractivity contribution >= 4 is 17.5 Å². The molecule has 0 saturated heterocycles. The number of hydrogen-bond donors (Lipinski definition) is 0. The van der Waals surface area contributed by atoms with Crippen molar-refractivity contribution in [3.8, 4) is 0 Å². The van der Waals surface area contributed by atoms with Crippen LogP contribution in [0.5, 0.6) is 0 Å². The molecule has 0 N–H and O–H groups in total. The van der Waals surface area contributed by atoms with Gasteiger partial charge in [0, 0.05) is 6.21 Å². The van der Waals surface area contributed by atoms with E-state index in [1.807, 2.05) is 43.5 Å². The van der Waals surface area contributed by atoms with Gasteiger partial charge >= 0.3 is 0 Å². The highest BCUT2D eigenvalue weighted by molar-refractivity contribution is 6.10. The molecule has 2 rings (SSSR count). The molecular formula is C20H23N. The number of nitrogens with zero attached hydrogens (tertiary/aromatic N) is 1. The van der Waals surface area contributed by atoms with Crippen LogP contribution >= 0.6 is 0 Å². The van der Waals surface area contributed by atoms with Crippen molar-refractivity contribution in [2.24, 2.45) is 4.99 Å². The van der Waals surface area contributed by atoms with Gasteiger partial charge in [0.25, 0.3) is 0 Å². The van der Waals surface area contributed by atoms with E-state index in [9.17, 15) is 0 Å². The van der Waals surface area contributed by atoms with Crippen molar-refractivity contribution in [3.63, 3.8) is 0 Å². The second-order valence-corrected chi connectivity index (χ2v) is 4.71. The van der Waals surface area contributed by atoms with Gasteiger partial charge in [0.2, 0.25) is 0 Å². The fraction of sp³-hybridized carbons (Fsp3) is 0.150. The minimum Gasteiger partial charge on any atom is -0.256 e. The van der Waals surface area contributed by atoms with Crippen molar-refractivity contribution in [1.82, 2.24) is 0 Å². The quantitative estimate of drug-likeness (QED) is 0.488. The molecule has 0 spiro atoms. The Morgan fingerprint density at radius 3 is 2.05 bits per heavy atom. The summed E-state index contributed by atoms with van der Waals surface area (Å²) in [7, 11) is 0. The summed E-state index contributed by atoms with van der Waals surface area (Å²) in [4.78, 5) is 4.52. The Morgan fingerprint density at radius 1 is 0.952 bits per heavy atom. The van der Waals surface area contributed by atoms with Gasteiger partial charge in [-0.05, 0) is 44.0 Å². The van der Waals surface area contributed by atoms with Crippen molar-refractivity contribution in [2.45, 2.75) is 20.8 Å². The van der Waals surface area contributed by atoms with E-state index in [-0.39, 0.29) is 0 Å². The molecule has 0 aliphatic rings. The molecule has 0 amide bonds. The van der Waals surface area contributed by atoms with Crippen LogP contribution in [-0.2, 0) is 0 Å². The van der Waals surface area contributed by atoms with Crippen LogP contribution in [-0.4, -0.2) is 6.21 Å². The van der Waals surface area contributed by atoms with Gasteiger partial charge in [0.05, 0.1) is 5.69 Å². The summed E-state index contributed by atoms with van der Waals surface area (Å²) in [5, 5.41) is 0. The molecular weight excluding hydrogens is 254 g/mol. The first-order chi connectivity index (χ1) is 10.2. The Balaban J connectivity index is 0.00000106. The lowest BCUT2D eigenvalue weighted by Crippen LogP contribution is -1.88. The van der Waals surface area contributed by atoms with Crippen LogP contribution in [0.25, 0.3) is 5.57 Å². The van der Waals surface area contributed by atoms with Gasteiger partial charge in [-0.2, -0.15) is 0 Å². The Labute approximate surface area is 128 Å². The van der Waals surface area contributed by atoms with Crippen molar-refractivity contribution in [3.05, 3.63) is 84.5 Å². The number of benzene rings is 2. The molecule has 0 bridgehead atoms. The fourth-order valence-corrected chi connectivity index (χ4v) is 2.12. The highest BCUT2D eigenvalue weighted by Gasteiger charge is 2.00.